The fourth-order valence-corrected chi connectivity index (χ4v) is 4.49. The van der Waals surface area contributed by atoms with Crippen molar-refractivity contribution < 1.29 is 4.79 Å². The quantitative estimate of drug-likeness (QED) is 0.217. The van der Waals surface area contributed by atoms with Crippen LogP contribution in [0.2, 0.25) is 0 Å². The smallest absolute Gasteiger partial charge is 0.261 e. The van der Waals surface area contributed by atoms with E-state index >= 15 is 0 Å². The maximum absolute atomic E-state index is 11.7. The summed E-state index contributed by atoms with van der Waals surface area (Å²) in [5.41, 5.74) is 1.74. The van der Waals surface area contributed by atoms with Gasteiger partial charge in [-0.05, 0) is 42.3 Å². The maximum atomic E-state index is 11.7. The van der Waals surface area contributed by atoms with Crippen LogP contribution in [0.25, 0.3) is 0 Å². The van der Waals surface area contributed by atoms with Gasteiger partial charge in [-0.3, -0.25) is 9.52 Å². The lowest BCUT2D eigenvalue weighted by Crippen LogP contribution is -2.35. The Balaban J connectivity index is 2.14. The van der Waals surface area contributed by atoms with E-state index < -0.39 is 0 Å². The van der Waals surface area contributed by atoms with E-state index in [1.165, 1.54) is 24.1 Å². The van der Waals surface area contributed by atoms with Gasteiger partial charge in [0.25, 0.3) is 5.91 Å². The summed E-state index contributed by atoms with van der Waals surface area (Å²) in [6.45, 7) is 6.01. The van der Waals surface area contributed by atoms with E-state index in [4.69, 9.17) is 12.2 Å². The number of carbonyl (C=O) groups is 1. The molecule has 0 saturated carbocycles. The zero-order chi connectivity index (χ0) is 18.5. The molecule has 0 aliphatic heterocycles. The second-order valence-electron chi connectivity index (χ2n) is 5.77. The van der Waals surface area contributed by atoms with Crippen LogP contribution in [0.3, 0.4) is 0 Å². The topological polar surface area (TPSA) is 53.2 Å². The first-order valence-electron chi connectivity index (χ1n) is 8.21. The number of carbonyl (C=O) groups excluding carboxylic acids is 1. The summed E-state index contributed by atoms with van der Waals surface area (Å²) in [7, 11) is 3.82. The molecule has 0 atom stereocenters. The molecule has 0 bridgehead atoms. The van der Waals surface area contributed by atoms with Crippen molar-refractivity contribution in [3.05, 3.63) is 35.4 Å². The predicted octanol–water partition coefficient (Wildman–Crippen LogP) is 4.09. The van der Waals surface area contributed by atoms with E-state index in [0.717, 1.165) is 23.8 Å². The van der Waals surface area contributed by atoms with Crippen molar-refractivity contribution in [3.63, 3.8) is 0 Å². The molecule has 1 aromatic carbocycles. The van der Waals surface area contributed by atoms with Gasteiger partial charge in [0.2, 0.25) is 0 Å². The minimum atomic E-state index is -0.0760. The summed E-state index contributed by atoms with van der Waals surface area (Å²) in [6.07, 6.45) is 3.09. The monoisotopic (exact) mass is 417 g/mol. The standard InChI is InChI=1S/C17H27N3OS4/c1-13(2)8-10-24-25-11-9-18-17(22)19-12-14-4-6-15(7-5-14)16(21)20-23-3/h4-7,13H,8-12H2,1-3H3,(H,20,21)(H2,18,19,22). The van der Waals surface area contributed by atoms with Crippen LogP contribution in [-0.4, -0.2) is 35.3 Å². The van der Waals surface area contributed by atoms with Gasteiger partial charge in [-0.25, -0.2) is 0 Å². The first kappa shape index (κ1) is 22.5. The number of rotatable bonds is 11. The van der Waals surface area contributed by atoms with Gasteiger partial charge < -0.3 is 10.6 Å². The van der Waals surface area contributed by atoms with Gasteiger partial charge in [-0.2, -0.15) is 0 Å². The van der Waals surface area contributed by atoms with Crippen LogP contribution >= 0.6 is 45.8 Å². The Morgan fingerprint density at radius 3 is 2.44 bits per heavy atom. The Bertz CT molecular complexity index is 523. The highest BCUT2D eigenvalue weighted by Gasteiger charge is 2.04. The Morgan fingerprint density at radius 2 is 1.80 bits per heavy atom. The second kappa shape index (κ2) is 13.6. The molecule has 8 heteroatoms. The van der Waals surface area contributed by atoms with Crippen molar-refractivity contribution in [2.75, 3.05) is 24.3 Å². The molecular formula is C17H27N3OS4. The van der Waals surface area contributed by atoms with Crippen molar-refractivity contribution in [3.8, 4) is 0 Å². The SMILES string of the molecule is CSNC(=O)c1ccc(CNC(=S)NCCSSCCC(C)C)cc1. The molecule has 0 fully saturated rings. The van der Waals surface area contributed by atoms with E-state index in [-0.39, 0.29) is 5.91 Å². The lowest BCUT2D eigenvalue weighted by molar-refractivity contribution is 0.0984. The lowest BCUT2D eigenvalue weighted by atomic mass is 10.1. The van der Waals surface area contributed by atoms with E-state index in [9.17, 15) is 4.79 Å². The highest BCUT2D eigenvalue weighted by Crippen LogP contribution is 2.22. The van der Waals surface area contributed by atoms with Crippen molar-refractivity contribution in [1.29, 1.82) is 0 Å². The molecule has 1 aromatic rings. The van der Waals surface area contributed by atoms with Gasteiger partial charge in [-0.1, -0.05) is 59.5 Å². The van der Waals surface area contributed by atoms with E-state index in [1.54, 1.807) is 0 Å². The molecule has 25 heavy (non-hydrogen) atoms. The number of hydrogen-bond donors (Lipinski definition) is 3. The minimum Gasteiger partial charge on any atom is -0.362 e. The van der Waals surface area contributed by atoms with Gasteiger partial charge in [-0.15, -0.1) is 0 Å². The molecule has 0 aromatic heterocycles. The third-order valence-electron chi connectivity index (χ3n) is 3.20. The summed E-state index contributed by atoms with van der Waals surface area (Å²) < 4.78 is 2.71. The Kier molecular flexibility index (Phi) is 12.2. The lowest BCUT2D eigenvalue weighted by Gasteiger charge is -2.11. The molecule has 0 unspecified atom stereocenters. The highest BCUT2D eigenvalue weighted by molar-refractivity contribution is 8.76. The van der Waals surface area contributed by atoms with Crippen molar-refractivity contribution in [1.82, 2.24) is 15.4 Å². The van der Waals surface area contributed by atoms with Crippen LogP contribution in [0.15, 0.2) is 24.3 Å². The summed E-state index contributed by atoms with van der Waals surface area (Å²) >= 11 is 6.58. The van der Waals surface area contributed by atoms with Crippen LogP contribution in [-0.2, 0) is 6.54 Å². The molecule has 0 radical (unpaired) electrons. The predicted molar refractivity (Wildman–Crippen MR) is 119 cm³/mol. The molecule has 0 saturated heterocycles. The molecule has 1 amide bonds. The normalized spacial score (nSPS) is 10.6. The Morgan fingerprint density at radius 1 is 1.12 bits per heavy atom. The molecule has 0 heterocycles. The van der Waals surface area contributed by atoms with Gasteiger partial charge in [0.05, 0.1) is 0 Å². The zero-order valence-corrected chi connectivity index (χ0v) is 18.2. The summed E-state index contributed by atoms with van der Waals surface area (Å²) in [5.74, 6) is 2.93. The first-order valence-corrected chi connectivity index (χ1v) is 12.3. The van der Waals surface area contributed by atoms with Crippen LogP contribution < -0.4 is 15.4 Å². The summed E-state index contributed by atoms with van der Waals surface area (Å²) in [5, 5.41) is 7.07. The van der Waals surface area contributed by atoms with Crippen LogP contribution in [0.1, 0.15) is 36.2 Å². The largest absolute Gasteiger partial charge is 0.362 e. The summed E-state index contributed by atoms with van der Waals surface area (Å²) in [6, 6.07) is 7.52. The van der Waals surface area contributed by atoms with Crippen molar-refractivity contribution >= 4 is 56.8 Å². The maximum Gasteiger partial charge on any atom is 0.261 e. The van der Waals surface area contributed by atoms with Gasteiger partial charge in [0.1, 0.15) is 0 Å². The number of nitrogens with one attached hydrogen (secondary N) is 3. The third-order valence-corrected chi connectivity index (χ3v) is 6.31. The average molecular weight is 418 g/mol. The molecule has 0 aliphatic rings. The Labute approximate surface area is 169 Å². The van der Waals surface area contributed by atoms with Gasteiger partial charge in [0, 0.05) is 36.4 Å². The summed E-state index contributed by atoms with van der Waals surface area (Å²) in [4.78, 5) is 11.7. The molecular weight excluding hydrogens is 390 g/mol. The van der Waals surface area contributed by atoms with E-state index in [1.807, 2.05) is 52.1 Å². The molecule has 4 nitrogen and oxygen atoms in total. The minimum absolute atomic E-state index is 0.0760. The van der Waals surface area contributed by atoms with Gasteiger partial charge >= 0.3 is 0 Å². The molecule has 1 rings (SSSR count). The fourth-order valence-electron chi connectivity index (χ4n) is 1.78. The van der Waals surface area contributed by atoms with Crippen molar-refractivity contribution in [2.45, 2.75) is 26.8 Å². The van der Waals surface area contributed by atoms with Crippen LogP contribution in [0.4, 0.5) is 0 Å². The van der Waals surface area contributed by atoms with Crippen LogP contribution in [0.5, 0.6) is 0 Å². The number of thiocarbonyl (C=S) groups is 1. The van der Waals surface area contributed by atoms with Crippen molar-refractivity contribution in [2.24, 2.45) is 5.92 Å². The van der Waals surface area contributed by atoms with E-state index in [0.29, 0.717) is 17.2 Å². The number of hydrogen-bond acceptors (Lipinski definition) is 5. The van der Waals surface area contributed by atoms with Crippen LogP contribution in [0, 0.1) is 5.92 Å². The zero-order valence-electron chi connectivity index (χ0n) is 15.0. The fraction of sp³-hybridized carbons (Fsp3) is 0.529. The first-order chi connectivity index (χ1) is 12.0. The van der Waals surface area contributed by atoms with Gasteiger partial charge in [0.15, 0.2) is 5.11 Å². The number of benzene rings is 1. The second-order valence-corrected chi connectivity index (χ2v) is 9.49. The molecule has 3 N–H and O–H groups in total. The molecule has 0 aliphatic carbocycles. The molecule has 140 valence electrons. The average Bonchev–Trinajstić information content (AvgIpc) is 2.59. The van der Waals surface area contributed by atoms with E-state index in [2.05, 4.69) is 29.2 Å². The number of amides is 1. The Hall–Kier alpha value is -0.570. The highest BCUT2D eigenvalue weighted by atomic mass is 33.1. The molecule has 0 spiro atoms. The third kappa shape index (κ3) is 10.9.